The second-order valence-electron chi connectivity index (χ2n) is 4.49. The first kappa shape index (κ1) is 13.4. The molecule has 0 radical (unpaired) electrons. The highest BCUT2D eigenvalue weighted by molar-refractivity contribution is 9.09. The van der Waals surface area contributed by atoms with Crippen molar-refractivity contribution in [2.24, 2.45) is 5.41 Å². The van der Waals surface area contributed by atoms with Crippen molar-refractivity contribution < 1.29 is 9.13 Å². The number of thioether (sulfide) groups is 1. The molecule has 17 heavy (non-hydrogen) atoms. The van der Waals surface area contributed by atoms with Gasteiger partial charge in [-0.1, -0.05) is 15.9 Å². The maximum Gasteiger partial charge on any atom is 0.123 e. The van der Waals surface area contributed by atoms with Crippen LogP contribution in [0.5, 0.6) is 0 Å². The molecule has 0 spiro atoms. The van der Waals surface area contributed by atoms with Gasteiger partial charge in [-0.05, 0) is 42.5 Å². The Morgan fingerprint density at radius 1 is 1.24 bits per heavy atom. The molecule has 0 atom stereocenters. The van der Waals surface area contributed by atoms with Crippen LogP contribution in [0, 0.1) is 11.2 Å². The van der Waals surface area contributed by atoms with Crippen LogP contribution in [-0.4, -0.2) is 24.3 Å². The highest BCUT2D eigenvalue weighted by Gasteiger charge is 2.31. The lowest BCUT2D eigenvalue weighted by Crippen LogP contribution is -2.33. The van der Waals surface area contributed by atoms with Crippen LogP contribution < -0.4 is 0 Å². The first-order chi connectivity index (χ1) is 8.24. The van der Waals surface area contributed by atoms with Gasteiger partial charge in [0.05, 0.1) is 0 Å². The van der Waals surface area contributed by atoms with Crippen molar-refractivity contribution in [2.75, 3.05) is 24.3 Å². The Balaban J connectivity index is 1.93. The Morgan fingerprint density at radius 2 is 1.88 bits per heavy atom. The zero-order valence-corrected chi connectivity index (χ0v) is 12.0. The molecule has 0 N–H and O–H groups in total. The molecule has 2 rings (SSSR count). The number of rotatable bonds is 4. The topological polar surface area (TPSA) is 9.23 Å². The molecule has 1 heterocycles. The summed E-state index contributed by atoms with van der Waals surface area (Å²) in [5.74, 6) is 0.892. The van der Waals surface area contributed by atoms with E-state index < -0.39 is 0 Å². The van der Waals surface area contributed by atoms with Crippen molar-refractivity contribution >= 4 is 27.7 Å². The van der Waals surface area contributed by atoms with Gasteiger partial charge < -0.3 is 4.74 Å². The van der Waals surface area contributed by atoms with Gasteiger partial charge in [0, 0.05) is 29.2 Å². The van der Waals surface area contributed by atoms with Crippen molar-refractivity contribution in [3.63, 3.8) is 0 Å². The minimum absolute atomic E-state index is 0.171. The molecule has 0 aromatic heterocycles. The van der Waals surface area contributed by atoms with E-state index in [0.29, 0.717) is 5.41 Å². The third-order valence-corrected chi connectivity index (χ3v) is 5.75. The van der Waals surface area contributed by atoms with Crippen molar-refractivity contribution in [1.82, 2.24) is 0 Å². The van der Waals surface area contributed by atoms with E-state index in [1.54, 1.807) is 11.8 Å². The summed E-state index contributed by atoms with van der Waals surface area (Å²) >= 11 is 5.43. The average Bonchev–Trinajstić information content (AvgIpc) is 2.39. The monoisotopic (exact) mass is 318 g/mol. The van der Waals surface area contributed by atoms with E-state index >= 15 is 0 Å². The van der Waals surface area contributed by atoms with Gasteiger partial charge in [0.2, 0.25) is 0 Å². The van der Waals surface area contributed by atoms with Gasteiger partial charge in [-0.2, -0.15) is 0 Å². The molecule has 0 unspecified atom stereocenters. The van der Waals surface area contributed by atoms with Crippen LogP contribution >= 0.6 is 27.7 Å². The second-order valence-corrected chi connectivity index (χ2v) is 6.10. The Kier molecular flexibility index (Phi) is 4.88. The molecule has 0 saturated carbocycles. The van der Waals surface area contributed by atoms with E-state index in [9.17, 15) is 4.39 Å². The van der Waals surface area contributed by atoms with Crippen LogP contribution in [0.25, 0.3) is 0 Å². The van der Waals surface area contributed by atoms with Crippen LogP contribution in [0.15, 0.2) is 29.2 Å². The lowest BCUT2D eigenvalue weighted by molar-refractivity contribution is 0.0374. The fourth-order valence-electron chi connectivity index (χ4n) is 1.89. The SMILES string of the molecule is Fc1ccc(SCC2(CBr)CCOCC2)cc1. The van der Waals surface area contributed by atoms with Gasteiger partial charge in [-0.15, -0.1) is 11.8 Å². The lowest BCUT2D eigenvalue weighted by Gasteiger charge is -2.35. The fourth-order valence-corrected chi connectivity index (χ4v) is 4.10. The Bertz CT molecular complexity index is 349. The standard InChI is InChI=1S/C13H16BrFOS/c14-9-13(5-7-16-8-6-13)10-17-12-3-1-11(15)2-4-12/h1-4H,5-10H2. The molecular weight excluding hydrogens is 303 g/mol. The Labute approximate surface area is 114 Å². The third kappa shape index (κ3) is 3.70. The number of hydrogen-bond donors (Lipinski definition) is 0. The summed E-state index contributed by atoms with van der Waals surface area (Å²) in [6.07, 6.45) is 2.21. The minimum Gasteiger partial charge on any atom is -0.381 e. The van der Waals surface area contributed by atoms with Gasteiger partial charge in [-0.3, -0.25) is 0 Å². The quantitative estimate of drug-likeness (QED) is 0.610. The van der Waals surface area contributed by atoms with Crippen LogP contribution in [0.1, 0.15) is 12.8 Å². The molecule has 4 heteroatoms. The van der Waals surface area contributed by atoms with Crippen molar-refractivity contribution in [1.29, 1.82) is 0 Å². The molecule has 1 aromatic rings. The number of hydrogen-bond acceptors (Lipinski definition) is 2. The molecule has 94 valence electrons. The van der Waals surface area contributed by atoms with Crippen LogP contribution in [-0.2, 0) is 4.74 Å². The van der Waals surface area contributed by atoms with E-state index in [4.69, 9.17) is 4.74 Å². The summed E-state index contributed by atoms with van der Waals surface area (Å²) in [6, 6.07) is 6.74. The zero-order valence-electron chi connectivity index (χ0n) is 9.62. The molecule has 0 amide bonds. The second kappa shape index (κ2) is 6.21. The van der Waals surface area contributed by atoms with E-state index in [-0.39, 0.29) is 5.82 Å². The number of ether oxygens (including phenoxy) is 1. The van der Waals surface area contributed by atoms with E-state index in [1.807, 2.05) is 12.1 Å². The van der Waals surface area contributed by atoms with Crippen molar-refractivity contribution in [3.8, 4) is 0 Å². The molecule has 1 saturated heterocycles. The van der Waals surface area contributed by atoms with E-state index in [1.165, 1.54) is 12.1 Å². The van der Waals surface area contributed by atoms with Gasteiger partial charge in [0.1, 0.15) is 5.82 Å². The summed E-state index contributed by atoms with van der Waals surface area (Å²) in [6.45, 7) is 1.71. The molecule has 1 nitrogen and oxygen atoms in total. The van der Waals surface area contributed by atoms with Crippen LogP contribution in [0.4, 0.5) is 4.39 Å². The summed E-state index contributed by atoms with van der Waals surface area (Å²) < 4.78 is 18.2. The van der Waals surface area contributed by atoms with E-state index in [0.717, 1.165) is 42.0 Å². The maximum absolute atomic E-state index is 12.8. The fraction of sp³-hybridized carbons (Fsp3) is 0.538. The van der Waals surface area contributed by atoms with Crippen LogP contribution in [0.3, 0.4) is 0 Å². The van der Waals surface area contributed by atoms with Crippen molar-refractivity contribution in [3.05, 3.63) is 30.1 Å². The molecule has 1 aliphatic rings. The van der Waals surface area contributed by atoms with Gasteiger partial charge in [0.15, 0.2) is 0 Å². The largest absolute Gasteiger partial charge is 0.381 e. The average molecular weight is 319 g/mol. The van der Waals surface area contributed by atoms with Gasteiger partial charge in [-0.25, -0.2) is 4.39 Å². The Hall–Kier alpha value is -0.0600. The van der Waals surface area contributed by atoms with E-state index in [2.05, 4.69) is 15.9 Å². The van der Waals surface area contributed by atoms with Crippen LogP contribution in [0.2, 0.25) is 0 Å². The normalized spacial score (nSPS) is 19.2. The van der Waals surface area contributed by atoms with Gasteiger partial charge >= 0.3 is 0 Å². The first-order valence-corrected chi connectivity index (χ1v) is 7.87. The summed E-state index contributed by atoms with van der Waals surface area (Å²) in [5, 5.41) is 1.01. The molecule has 0 bridgehead atoms. The Morgan fingerprint density at radius 3 is 2.47 bits per heavy atom. The summed E-state index contributed by atoms with van der Waals surface area (Å²) in [4.78, 5) is 1.14. The van der Waals surface area contributed by atoms with Gasteiger partial charge in [0.25, 0.3) is 0 Å². The summed E-state index contributed by atoms with van der Waals surface area (Å²) in [7, 11) is 0. The minimum atomic E-state index is -0.171. The molecule has 1 aromatic carbocycles. The number of benzene rings is 1. The highest BCUT2D eigenvalue weighted by Crippen LogP contribution is 2.38. The number of halogens is 2. The molecule has 1 aliphatic heterocycles. The van der Waals surface area contributed by atoms with Crippen molar-refractivity contribution in [2.45, 2.75) is 17.7 Å². The number of alkyl halides is 1. The maximum atomic E-state index is 12.8. The molecule has 1 fully saturated rings. The zero-order chi connectivity index (χ0) is 12.1. The molecular formula is C13H16BrFOS. The first-order valence-electron chi connectivity index (χ1n) is 5.76. The highest BCUT2D eigenvalue weighted by atomic mass is 79.9. The predicted molar refractivity (Wildman–Crippen MR) is 73.4 cm³/mol. The lowest BCUT2D eigenvalue weighted by atomic mass is 9.85. The third-order valence-electron chi connectivity index (χ3n) is 3.20. The summed E-state index contributed by atoms with van der Waals surface area (Å²) in [5.41, 5.74) is 0.331. The smallest absolute Gasteiger partial charge is 0.123 e. The molecule has 0 aliphatic carbocycles. The predicted octanol–water partition coefficient (Wildman–Crippen LogP) is 4.11.